The molecule has 2 aromatic carbocycles. The van der Waals surface area contributed by atoms with Crippen molar-refractivity contribution >= 4 is 33.5 Å². The average molecular weight is 457 g/mol. The molecular formula is C24H28N2O5S. The molecule has 0 spiro atoms. The van der Waals surface area contributed by atoms with Crippen LogP contribution in [-0.4, -0.2) is 44.5 Å². The van der Waals surface area contributed by atoms with Crippen molar-refractivity contribution in [2.24, 2.45) is 4.99 Å². The van der Waals surface area contributed by atoms with E-state index in [9.17, 15) is 4.79 Å². The molecule has 0 atom stereocenters. The standard InChI is InChI=1S/C24H28N2O5S/c1-5-30-14-13-26-19-10-9-18(31-6-2)16-22(19)32-24(26)25-23(27)12-8-17-7-11-20(28-3)21(15-17)29-4/h7-12,15-16H,5-6,13-14H2,1-4H3/b12-8-,25-24?. The maximum absolute atomic E-state index is 12.6. The first-order chi connectivity index (χ1) is 15.6. The monoisotopic (exact) mass is 456 g/mol. The van der Waals surface area contributed by atoms with Crippen LogP contribution in [0, 0.1) is 0 Å². The van der Waals surface area contributed by atoms with Crippen molar-refractivity contribution in [3.05, 3.63) is 52.8 Å². The Morgan fingerprint density at radius 3 is 2.59 bits per heavy atom. The second-order valence-corrected chi connectivity index (χ2v) is 7.70. The predicted molar refractivity (Wildman–Crippen MR) is 127 cm³/mol. The molecule has 0 N–H and O–H groups in total. The summed E-state index contributed by atoms with van der Waals surface area (Å²) in [5.74, 6) is 1.68. The molecule has 0 saturated heterocycles. The van der Waals surface area contributed by atoms with Crippen molar-refractivity contribution in [1.29, 1.82) is 0 Å². The van der Waals surface area contributed by atoms with E-state index in [1.54, 1.807) is 32.4 Å². The topological polar surface area (TPSA) is 71.3 Å². The van der Waals surface area contributed by atoms with E-state index < -0.39 is 0 Å². The van der Waals surface area contributed by atoms with Gasteiger partial charge in [0.2, 0.25) is 0 Å². The van der Waals surface area contributed by atoms with Gasteiger partial charge in [-0.3, -0.25) is 4.79 Å². The molecule has 7 nitrogen and oxygen atoms in total. The summed E-state index contributed by atoms with van der Waals surface area (Å²) in [7, 11) is 3.16. The third kappa shape index (κ3) is 5.77. The van der Waals surface area contributed by atoms with Crippen molar-refractivity contribution in [2.45, 2.75) is 20.4 Å². The normalized spacial score (nSPS) is 11.9. The Hall–Kier alpha value is -3.10. The maximum Gasteiger partial charge on any atom is 0.272 e. The van der Waals surface area contributed by atoms with Gasteiger partial charge in [0.25, 0.3) is 5.91 Å². The molecule has 3 aromatic rings. The molecule has 0 bridgehead atoms. The number of thiazole rings is 1. The average Bonchev–Trinajstić information content (AvgIpc) is 3.14. The molecule has 170 valence electrons. The SMILES string of the molecule is CCOCCn1c(=NC(=O)/C=C\c2ccc(OC)c(OC)c2)sc2cc(OCC)ccc21. The zero-order valence-electron chi connectivity index (χ0n) is 18.8. The minimum Gasteiger partial charge on any atom is -0.494 e. The highest BCUT2D eigenvalue weighted by Gasteiger charge is 2.09. The molecular weight excluding hydrogens is 428 g/mol. The number of carbonyl (C=O) groups excluding carboxylic acids is 1. The Morgan fingerprint density at radius 1 is 1.06 bits per heavy atom. The van der Waals surface area contributed by atoms with Gasteiger partial charge in [0, 0.05) is 19.2 Å². The van der Waals surface area contributed by atoms with Crippen LogP contribution in [-0.2, 0) is 16.1 Å². The molecule has 0 aliphatic heterocycles. The number of methoxy groups -OCH3 is 2. The minimum absolute atomic E-state index is 0.346. The molecule has 8 heteroatoms. The fourth-order valence-electron chi connectivity index (χ4n) is 3.17. The Kier molecular flexibility index (Phi) is 8.47. The van der Waals surface area contributed by atoms with Gasteiger partial charge in [-0.25, -0.2) is 0 Å². The van der Waals surface area contributed by atoms with Gasteiger partial charge in [0.1, 0.15) is 5.75 Å². The van der Waals surface area contributed by atoms with E-state index in [0.717, 1.165) is 21.5 Å². The molecule has 1 aromatic heterocycles. The molecule has 0 fully saturated rings. The van der Waals surface area contributed by atoms with Gasteiger partial charge in [-0.1, -0.05) is 17.4 Å². The van der Waals surface area contributed by atoms with Crippen LogP contribution in [0.5, 0.6) is 17.2 Å². The van der Waals surface area contributed by atoms with Crippen molar-refractivity contribution in [3.8, 4) is 17.2 Å². The molecule has 1 amide bonds. The van der Waals surface area contributed by atoms with Crippen LogP contribution in [0.4, 0.5) is 0 Å². The van der Waals surface area contributed by atoms with E-state index in [4.69, 9.17) is 18.9 Å². The third-order valence-electron chi connectivity index (χ3n) is 4.66. The van der Waals surface area contributed by atoms with Gasteiger partial charge in [-0.05, 0) is 55.8 Å². The molecule has 0 aliphatic rings. The van der Waals surface area contributed by atoms with Gasteiger partial charge in [-0.2, -0.15) is 4.99 Å². The number of hydrogen-bond donors (Lipinski definition) is 0. The third-order valence-corrected chi connectivity index (χ3v) is 5.70. The number of fused-ring (bicyclic) bond motifs is 1. The number of ether oxygens (including phenoxy) is 4. The zero-order valence-corrected chi connectivity index (χ0v) is 19.6. The van der Waals surface area contributed by atoms with Crippen LogP contribution in [0.3, 0.4) is 0 Å². The van der Waals surface area contributed by atoms with Crippen molar-refractivity contribution in [3.63, 3.8) is 0 Å². The summed E-state index contributed by atoms with van der Waals surface area (Å²) in [4.78, 5) is 17.6. The van der Waals surface area contributed by atoms with Crippen LogP contribution < -0.4 is 19.0 Å². The maximum atomic E-state index is 12.6. The zero-order chi connectivity index (χ0) is 22.9. The van der Waals surface area contributed by atoms with Crippen LogP contribution in [0.15, 0.2) is 47.5 Å². The first kappa shape index (κ1) is 23.6. The van der Waals surface area contributed by atoms with Crippen LogP contribution in [0.2, 0.25) is 0 Å². The first-order valence-electron chi connectivity index (χ1n) is 10.4. The number of carbonyl (C=O) groups is 1. The molecule has 0 saturated carbocycles. The second-order valence-electron chi connectivity index (χ2n) is 6.69. The summed E-state index contributed by atoms with van der Waals surface area (Å²) in [6.07, 6.45) is 3.16. The second kappa shape index (κ2) is 11.5. The van der Waals surface area contributed by atoms with E-state index in [2.05, 4.69) is 4.99 Å². The minimum atomic E-state index is -0.346. The number of aromatic nitrogens is 1. The Bertz CT molecular complexity index is 1160. The highest BCUT2D eigenvalue weighted by molar-refractivity contribution is 7.16. The van der Waals surface area contributed by atoms with Crippen molar-refractivity contribution in [2.75, 3.05) is 34.0 Å². The summed E-state index contributed by atoms with van der Waals surface area (Å²) in [5, 5.41) is 0. The summed E-state index contributed by atoms with van der Waals surface area (Å²) < 4.78 is 24.7. The van der Waals surface area contributed by atoms with Crippen LogP contribution in [0.25, 0.3) is 16.3 Å². The first-order valence-corrected chi connectivity index (χ1v) is 11.2. The highest BCUT2D eigenvalue weighted by Crippen LogP contribution is 2.28. The summed E-state index contributed by atoms with van der Waals surface area (Å²) in [6, 6.07) is 11.3. The highest BCUT2D eigenvalue weighted by atomic mass is 32.1. The Morgan fingerprint density at radius 2 is 1.88 bits per heavy atom. The fraction of sp³-hybridized carbons (Fsp3) is 0.333. The van der Waals surface area contributed by atoms with E-state index >= 15 is 0 Å². The van der Waals surface area contributed by atoms with Gasteiger partial charge in [-0.15, -0.1) is 0 Å². The molecule has 32 heavy (non-hydrogen) atoms. The van der Waals surface area contributed by atoms with E-state index in [1.807, 2.05) is 42.7 Å². The smallest absolute Gasteiger partial charge is 0.272 e. The van der Waals surface area contributed by atoms with E-state index in [1.165, 1.54) is 17.4 Å². The van der Waals surface area contributed by atoms with Gasteiger partial charge >= 0.3 is 0 Å². The Balaban J connectivity index is 1.91. The van der Waals surface area contributed by atoms with Gasteiger partial charge < -0.3 is 23.5 Å². The summed E-state index contributed by atoms with van der Waals surface area (Å²) >= 11 is 1.45. The quantitative estimate of drug-likeness (QED) is 0.336. The lowest BCUT2D eigenvalue weighted by Crippen LogP contribution is -2.19. The van der Waals surface area contributed by atoms with Crippen LogP contribution >= 0.6 is 11.3 Å². The molecule has 1 heterocycles. The lowest BCUT2D eigenvalue weighted by Gasteiger charge is -2.07. The van der Waals surface area contributed by atoms with Crippen LogP contribution in [0.1, 0.15) is 19.4 Å². The Labute approximate surface area is 191 Å². The molecule has 3 rings (SSSR count). The van der Waals surface area contributed by atoms with E-state index in [0.29, 0.717) is 42.7 Å². The molecule has 0 aliphatic carbocycles. The number of hydrogen-bond acceptors (Lipinski definition) is 6. The van der Waals surface area contributed by atoms with E-state index in [-0.39, 0.29) is 5.91 Å². The lowest BCUT2D eigenvalue weighted by molar-refractivity contribution is -0.113. The largest absolute Gasteiger partial charge is 0.494 e. The summed E-state index contributed by atoms with van der Waals surface area (Å²) in [5.41, 5.74) is 1.81. The number of benzene rings is 2. The van der Waals surface area contributed by atoms with Gasteiger partial charge in [0.15, 0.2) is 16.3 Å². The summed E-state index contributed by atoms with van der Waals surface area (Å²) in [6.45, 7) is 6.28. The lowest BCUT2D eigenvalue weighted by atomic mass is 10.2. The number of rotatable bonds is 10. The van der Waals surface area contributed by atoms with Gasteiger partial charge in [0.05, 0.1) is 37.6 Å². The fourth-order valence-corrected chi connectivity index (χ4v) is 4.26. The van der Waals surface area contributed by atoms with Crippen molar-refractivity contribution in [1.82, 2.24) is 4.57 Å². The molecule has 0 unspecified atom stereocenters. The van der Waals surface area contributed by atoms with Crippen molar-refractivity contribution < 1.29 is 23.7 Å². The number of amides is 1. The predicted octanol–water partition coefficient (Wildman–Crippen LogP) is 4.30. The number of nitrogens with zero attached hydrogens (tertiary/aromatic N) is 2. The molecule has 0 radical (unpaired) electrons.